The summed E-state index contributed by atoms with van der Waals surface area (Å²) in [7, 11) is 0. The number of benzene rings is 2. The number of ether oxygens (including phenoxy) is 1. The average molecular weight is 335 g/mol. The van der Waals surface area contributed by atoms with Gasteiger partial charge in [-0.1, -0.05) is 36.4 Å². The van der Waals surface area contributed by atoms with Crippen molar-refractivity contribution >= 4 is 33.7 Å². The molecule has 1 aromatic heterocycles. The highest BCUT2D eigenvalue weighted by Crippen LogP contribution is 2.45. The summed E-state index contributed by atoms with van der Waals surface area (Å²) in [4.78, 5) is 25.2. The fourth-order valence-electron chi connectivity index (χ4n) is 4.61. The van der Waals surface area contributed by atoms with E-state index in [0.717, 1.165) is 34.6 Å². The summed E-state index contributed by atoms with van der Waals surface area (Å²) < 4.78 is 7.48. The van der Waals surface area contributed by atoms with E-state index in [1.807, 2.05) is 48.5 Å². The zero-order chi connectivity index (χ0) is 17.1. The van der Waals surface area contributed by atoms with Crippen LogP contribution in [0.2, 0.25) is 0 Å². The molecule has 5 heteroatoms. The van der Waals surface area contributed by atoms with Crippen LogP contribution in [0, 0.1) is 11.8 Å². The number of carbonyl (C=O) groups excluding carboxylic acids is 1. The summed E-state index contributed by atoms with van der Waals surface area (Å²) in [5.74, 6) is -2.50. The number of para-hydroxylation sites is 2. The number of nitrogens with zero attached hydrogens (tertiary/aromatic N) is 1. The monoisotopic (exact) mass is 335 g/mol. The molecule has 2 fully saturated rings. The summed E-state index contributed by atoms with van der Waals surface area (Å²) in [6.45, 7) is 0. The second-order valence-electron chi connectivity index (χ2n) is 6.89. The molecule has 2 aliphatic heterocycles. The molecule has 0 amide bonds. The molecular formula is C20H17NO4. The Labute approximate surface area is 143 Å². The highest BCUT2D eigenvalue weighted by atomic mass is 16.5. The molecule has 126 valence electrons. The van der Waals surface area contributed by atoms with Crippen molar-refractivity contribution in [3.05, 3.63) is 48.5 Å². The SMILES string of the molecule is O=C(O)[C@@H]1[C@H](C(=O)n2c3ccccc3c3ccccc32)[C@H]2CC[C@@H]1O2. The maximum atomic E-state index is 13.5. The van der Waals surface area contributed by atoms with Gasteiger partial charge < -0.3 is 9.84 Å². The molecule has 0 aliphatic carbocycles. The molecule has 5 nitrogen and oxygen atoms in total. The van der Waals surface area contributed by atoms with E-state index in [1.54, 1.807) is 4.57 Å². The van der Waals surface area contributed by atoms with Gasteiger partial charge in [0.05, 0.1) is 35.1 Å². The van der Waals surface area contributed by atoms with Crippen LogP contribution in [0.4, 0.5) is 0 Å². The molecule has 5 rings (SSSR count). The van der Waals surface area contributed by atoms with Gasteiger partial charge in [0.2, 0.25) is 5.91 Å². The molecule has 2 aliphatic rings. The molecular weight excluding hydrogens is 318 g/mol. The summed E-state index contributed by atoms with van der Waals surface area (Å²) in [6, 6.07) is 15.5. The van der Waals surface area contributed by atoms with Gasteiger partial charge in [-0.15, -0.1) is 0 Å². The van der Waals surface area contributed by atoms with Gasteiger partial charge in [-0.25, -0.2) is 0 Å². The summed E-state index contributed by atoms with van der Waals surface area (Å²) in [5.41, 5.74) is 1.64. The van der Waals surface area contributed by atoms with E-state index in [0.29, 0.717) is 0 Å². The first-order valence-electron chi connectivity index (χ1n) is 8.57. The first kappa shape index (κ1) is 14.7. The van der Waals surface area contributed by atoms with Crippen molar-refractivity contribution in [2.45, 2.75) is 25.0 Å². The third kappa shape index (κ3) is 1.93. The normalized spacial score (nSPS) is 28.0. The van der Waals surface area contributed by atoms with Gasteiger partial charge >= 0.3 is 5.97 Å². The Bertz CT molecular complexity index is 968. The van der Waals surface area contributed by atoms with Gasteiger partial charge in [0.15, 0.2) is 0 Å². The Kier molecular flexibility index (Phi) is 3.03. The quantitative estimate of drug-likeness (QED) is 0.780. The van der Waals surface area contributed by atoms with Crippen LogP contribution >= 0.6 is 0 Å². The number of carbonyl (C=O) groups is 2. The topological polar surface area (TPSA) is 68.5 Å². The van der Waals surface area contributed by atoms with Gasteiger partial charge in [-0.05, 0) is 25.0 Å². The van der Waals surface area contributed by atoms with Crippen molar-refractivity contribution in [2.75, 3.05) is 0 Å². The molecule has 2 aromatic carbocycles. The number of carboxylic acid groups (broad SMARTS) is 1. The summed E-state index contributed by atoms with van der Waals surface area (Å²) in [5, 5.41) is 11.6. The Morgan fingerprint density at radius 2 is 1.40 bits per heavy atom. The van der Waals surface area contributed by atoms with E-state index in [4.69, 9.17) is 4.74 Å². The number of aromatic nitrogens is 1. The predicted octanol–water partition coefficient (Wildman–Crippen LogP) is 3.31. The maximum Gasteiger partial charge on any atom is 0.310 e. The number of fused-ring (bicyclic) bond motifs is 5. The molecule has 0 unspecified atom stereocenters. The number of carboxylic acids is 1. The van der Waals surface area contributed by atoms with Crippen LogP contribution in [-0.2, 0) is 9.53 Å². The van der Waals surface area contributed by atoms with Crippen molar-refractivity contribution in [3.8, 4) is 0 Å². The van der Waals surface area contributed by atoms with Crippen molar-refractivity contribution in [3.63, 3.8) is 0 Å². The zero-order valence-electron chi connectivity index (χ0n) is 13.5. The van der Waals surface area contributed by atoms with E-state index in [9.17, 15) is 14.7 Å². The maximum absolute atomic E-state index is 13.5. The van der Waals surface area contributed by atoms with Gasteiger partial charge in [0, 0.05) is 10.8 Å². The third-order valence-corrected chi connectivity index (χ3v) is 5.64. The first-order chi connectivity index (χ1) is 12.2. The van der Waals surface area contributed by atoms with Gasteiger partial charge in [0.25, 0.3) is 0 Å². The molecule has 0 spiro atoms. The zero-order valence-corrected chi connectivity index (χ0v) is 13.5. The number of rotatable bonds is 2. The van der Waals surface area contributed by atoms with Crippen molar-refractivity contribution < 1.29 is 19.4 Å². The van der Waals surface area contributed by atoms with E-state index in [1.165, 1.54) is 0 Å². The second kappa shape index (κ2) is 5.17. The number of hydrogen-bond donors (Lipinski definition) is 1. The standard InChI is InChI=1S/C20H17NO4/c22-19(17-15-9-10-16(25-15)18(17)20(23)24)21-13-7-3-1-5-11(13)12-6-2-4-8-14(12)21/h1-8,15-18H,9-10H2,(H,23,24)/t15-,16+,17-,18+/m1/s1. The lowest BCUT2D eigenvalue weighted by atomic mass is 9.78. The van der Waals surface area contributed by atoms with Gasteiger partial charge in [-0.2, -0.15) is 0 Å². The molecule has 2 bridgehead atoms. The van der Waals surface area contributed by atoms with E-state index >= 15 is 0 Å². The summed E-state index contributed by atoms with van der Waals surface area (Å²) >= 11 is 0. The molecule has 3 heterocycles. The Hall–Kier alpha value is -2.66. The molecule has 25 heavy (non-hydrogen) atoms. The molecule has 1 N–H and O–H groups in total. The smallest absolute Gasteiger partial charge is 0.310 e. The van der Waals surface area contributed by atoms with Crippen LogP contribution in [-0.4, -0.2) is 33.8 Å². The fraction of sp³-hybridized carbons (Fsp3) is 0.300. The van der Waals surface area contributed by atoms with Gasteiger partial charge in [-0.3, -0.25) is 14.2 Å². The molecule has 0 saturated carbocycles. The molecule has 0 radical (unpaired) electrons. The largest absolute Gasteiger partial charge is 0.481 e. The number of aliphatic carboxylic acids is 1. The third-order valence-electron chi connectivity index (χ3n) is 5.64. The molecule has 2 saturated heterocycles. The van der Waals surface area contributed by atoms with Crippen molar-refractivity contribution in [1.82, 2.24) is 4.57 Å². The highest BCUT2D eigenvalue weighted by Gasteiger charge is 2.56. The van der Waals surface area contributed by atoms with Crippen LogP contribution in [0.1, 0.15) is 17.6 Å². The Morgan fingerprint density at radius 1 is 0.880 bits per heavy atom. The Morgan fingerprint density at radius 3 is 1.96 bits per heavy atom. The fourth-order valence-corrected chi connectivity index (χ4v) is 4.61. The second-order valence-corrected chi connectivity index (χ2v) is 6.89. The lowest BCUT2D eigenvalue weighted by Crippen LogP contribution is -2.40. The molecule has 3 aromatic rings. The van der Waals surface area contributed by atoms with E-state index < -0.39 is 17.8 Å². The van der Waals surface area contributed by atoms with Crippen LogP contribution in [0.3, 0.4) is 0 Å². The van der Waals surface area contributed by atoms with Crippen LogP contribution < -0.4 is 0 Å². The highest BCUT2D eigenvalue weighted by molar-refractivity contribution is 6.14. The minimum Gasteiger partial charge on any atom is -0.481 e. The minimum atomic E-state index is -0.939. The van der Waals surface area contributed by atoms with Crippen LogP contribution in [0.25, 0.3) is 21.8 Å². The van der Waals surface area contributed by atoms with Crippen molar-refractivity contribution in [2.24, 2.45) is 11.8 Å². The van der Waals surface area contributed by atoms with Crippen LogP contribution in [0.5, 0.6) is 0 Å². The Balaban J connectivity index is 1.72. The lowest BCUT2D eigenvalue weighted by Gasteiger charge is -2.24. The predicted molar refractivity (Wildman–Crippen MR) is 92.6 cm³/mol. The van der Waals surface area contributed by atoms with Crippen LogP contribution in [0.15, 0.2) is 48.5 Å². The van der Waals surface area contributed by atoms with E-state index in [2.05, 4.69) is 0 Å². The first-order valence-corrected chi connectivity index (χ1v) is 8.57. The lowest BCUT2D eigenvalue weighted by molar-refractivity contribution is -0.144. The minimum absolute atomic E-state index is 0.169. The van der Waals surface area contributed by atoms with Gasteiger partial charge in [0.1, 0.15) is 0 Å². The van der Waals surface area contributed by atoms with Crippen molar-refractivity contribution in [1.29, 1.82) is 0 Å². The van der Waals surface area contributed by atoms with E-state index in [-0.39, 0.29) is 18.1 Å². The molecule has 4 atom stereocenters. The number of hydrogen-bond acceptors (Lipinski definition) is 3. The summed E-state index contributed by atoms with van der Waals surface area (Å²) in [6.07, 6.45) is 0.837. The average Bonchev–Trinajstić information content (AvgIpc) is 3.32.